The molecule has 0 unspecified atom stereocenters. The van der Waals surface area contributed by atoms with E-state index in [0.29, 0.717) is 12.5 Å². The average Bonchev–Trinajstić information content (AvgIpc) is 2.54. The van der Waals surface area contributed by atoms with Crippen LogP contribution in [0, 0.1) is 0 Å². The highest BCUT2D eigenvalue weighted by molar-refractivity contribution is 7.99. The van der Waals surface area contributed by atoms with Crippen molar-refractivity contribution < 1.29 is 4.79 Å². The van der Waals surface area contributed by atoms with Gasteiger partial charge in [-0.3, -0.25) is 4.79 Å². The fraction of sp³-hybridized carbons (Fsp3) is 0.467. The van der Waals surface area contributed by atoms with E-state index in [-0.39, 0.29) is 12.5 Å². The van der Waals surface area contributed by atoms with Crippen molar-refractivity contribution in [2.24, 2.45) is 10.7 Å². The summed E-state index contributed by atoms with van der Waals surface area (Å²) in [7, 11) is 1.79. The molecular weight excluding hydrogens is 284 g/mol. The van der Waals surface area contributed by atoms with Gasteiger partial charge in [0, 0.05) is 38.2 Å². The van der Waals surface area contributed by atoms with Gasteiger partial charge in [0.05, 0.1) is 0 Å². The summed E-state index contributed by atoms with van der Waals surface area (Å²) in [4.78, 5) is 20.0. The number of guanidine groups is 1. The molecule has 21 heavy (non-hydrogen) atoms. The Morgan fingerprint density at radius 2 is 2.00 bits per heavy atom. The number of likely N-dealkylation sites (N-methyl/N-ethyl adjacent to an activating group) is 1. The van der Waals surface area contributed by atoms with E-state index in [1.165, 1.54) is 0 Å². The van der Waals surface area contributed by atoms with Crippen molar-refractivity contribution in [2.45, 2.75) is 6.54 Å². The van der Waals surface area contributed by atoms with Crippen LogP contribution in [0.5, 0.6) is 0 Å². The van der Waals surface area contributed by atoms with E-state index in [9.17, 15) is 4.79 Å². The van der Waals surface area contributed by atoms with E-state index in [2.05, 4.69) is 4.99 Å². The first kappa shape index (κ1) is 15.7. The van der Waals surface area contributed by atoms with Crippen molar-refractivity contribution in [3.63, 3.8) is 0 Å². The number of rotatable bonds is 4. The highest BCUT2D eigenvalue weighted by Crippen LogP contribution is 2.08. The molecule has 0 atom stereocenters. The summed E-state index contributed by atoms with van der Waals surface area (Å²) < 4.78 is 0. The van der Waals surface area contributed by atoms with Crippen LogP contribution in [0.25, 0.3) is 0 Å². The number of nitrogens with two attached hydrogens (primary N) is 1. The van der Waals surface area contributed by atoms with Crippen LogP contribution < -0.4 is 5.73 Å². The van der Waals surface area contributed by atoms with Crippen LogP contribution in [-0.2, 0) is 11.3 Å². The zero-order chi connectivity index (χ0) is 15.1. The maximum Gasteiger partial charge on any atom is 0.244 e. The lowest BCUT2D eigenvalue weighted by Gasteiger charge is -2.27. The first-order chi connectivity index (χ1) is 10.2. The highest BCUT2D eigenvalue weighted by atomic mass is 32.2. The van der Waals surface area contributed by atoms with Gasteiger partial charge in [-0.2, -0.15) is 11.8 Å². The molecular formula is C15H22N4OS. The molecule has 2 rings (SSSR count). The second-order valence-electron chi connectivity index (χ2n) is 5.01. The third kappa shape index (κ3) is 4.97. The first-order valence-electron chi connectivity index (χ1n) is 7.07. The number of carbonyl (C=O) groups is 1. The molecule has 1 aliphatic rings. The molecule has 0 saturated carbocycles. The normalized spacial score (nSPS) is 15.9. The predicted octanol–water partition coefficient (Wildman–Crippen LogP) is 1.01. The molecule has 6 heteroatoms. The predicted molar refractivity (Wildman–Crippen MR) is 88.3 cm³/mol. The Morgan fingerprint density at radius 3 is 2.67 bits per heavy atom. The Morgan fingerprint density at radius 1 is 1.33 bits per heavy atom. The van der Waals surface area contributed by atoms with Crippen LogP contribution in [-0.4, -0.2) is 59.9 Å². The Labute approximate surface area is 130 Å². The number of amides is 1. The fourth-order valence-electron chi connectivity index (χ4n) is 2.11. The lowest BCUT2D eigenvalue weighted by atomic mass is 10.2. The number of aliphatic imine (C=N–C) groups is 1. The maximum absolute atomic E-state index is 12.1. The zero-order valence-electron chi connectivity index (χ0n) is 12.4. The second kappa shape index (κ2) is 7.93. The lowest BCUT2D eigenvalue weighted by Crippen LogP contribution is -2.43. The molecule has 1 amide bonds. The minimum Gasteiger partial charge on any atom is -0.370 e. The summed E-state index contributed by atoms with van der Waals surface area (Å²) in [5.74, 6) is 2.60. The third-order valence-electron chi connectivity index (χ3n) is 3.40. The van der Waals surface area contributed by atoms with Gasteiger partial charge in [-0.25, -0.2) is 4.99 Å². The number of benzene rings is 1. The van der Waals surface area contributed by atoms with Crippen molar-refractivity contribution in [2.75, 3.05) is 38.2 Å². The second-order valence-corrected chi connectivity index (χ2v) is 6.23. The Balaban J connectivity index is 1.82. The Bertz CT molecular complexity index is 486. The van der Waals surface area contributed by atoms with Crippen LogP contribution in [0.1, 0.15) is 5.56 Å². The van der Waals surface area contributed by atoms with Gasteiger partial charge >= 0.3 is 0 Å². The van der Waals surface area contributed by atoms with Crippen molar-refractivity contribution in [1.29, 1.82) is 0 Å². The summed E-state index contributed by atoms with van der Waals surface area (Å²) in [5, 5.41) is 0. The topological polar surface area (TPSA) is 61.9 Å². The van der Waals surface area contributed by atoms with Crippen LogP contribution in [0.2, 0.25) is 0 Å². The summed E-state index contributed by atoms with van der Waals surface area (Å²) in [6.07, 6.45) is 0. The van der Waals surface area contributed by atoms with Crippen LogP contribution in [0.15, 0.2) is 35.3 Å². The first-order valence-corrected chi connectivity index (χ1v) is 8.23. The molecule has 1 heterocycles. The summed E-state index contributed by atoms with van der Waals surface area (Å²) in [6, 6.07) is 9.92. The van der Waals surface area contributed by atoms with Crippen molar-refractivity contribution in [3.05, 3.63) is 35.9 Å². The van der Waals surface area contributed by atoms with E-state index in [1.807, 2.05) is 47.0 Å². The third-order valence-corrected chi connectivity index (χ3v) is 4.34. The molecule has 1 aromatic rings. The van der Waals surface area contributed by atoms with Crippen molar-refractivity contribution in [3.8, 4) is 0 Å². The molecule has 1 saturated heterocycles. The number of carbonyl (C=O) groups excluding carboxylic acids is 1. The molecule has 1 aliphatic heterocycles. The smallest absolute Gasteiger partial charge is 0.244 e. The van der Waals surface area contributed by atoms with E-state index < -0.39 is 0 Å². The molecule has 0 aromatic heterocycles. The van der Waals surface area contributed by atoms with Gasteiger partial charge in [0.25, 0.3) is 0 Å². The molecule has 114 valence electrons. The van der Waals surface area contributed by atoms with Crippen molar-refractivity contribution >= 4 is 23.6 Å². The van der Waals surface area contributed by atoms with Gasteiger partial charge in [-0.15, -0.1) is 0 Å². The van der Waals surface area contributed by atoms with E-state index >= 15 is 0 Å². The lowest BCUT2D eigenvalue weighted by molar-refractivity contribution is -0.128. The molecule has 0 radical (unpaired) electrons. The number of thioether (sulfide) groups is 1. The molecule has 2 N–H and O–H groups in total. The van der Waals surface area contributed by atoms with Crippen molar-refractivity contribution in [1.82, 2.24) is 9.80 Å². The summed E-state index contributed by atoms with van der Waals surface area (Å²) in [6.45, 7) is 2.52. The molecule has 1 fully saturated rings. The molecule has 0 aliphatic carbocycles. The van der Waals surface area contributed by atoms with E-state index in [0.717, 1.165) is 30.2 Å². The zero-order valence-corrected chi connectivity index (χ0v) is 13.2. The fourth-order valence-corrected chi connectivity index (χ4v) is 3.01. The van der Waals surface area contributed by atoms with Gasteiger partial charge in [-0.05, 0) is 5.56 Å². The monoisotopic (exact) mass is 306 g/mol. The van der Waals surface area contributed by atoms with Gasteiger partial charge < -0.3 is 15.5 Å². The minimum absolute atomic E-state index is 0.0202. The number of hydrogen-bond acceptors (Lipinski definition) is 3. The summed E-state index contributed by atoms with van der Waals surface area (Å²) >= 11 is 1.92. The van der Waals surface area contributed by atoms with Gasteiger partial charge in [0.15, 0.2) is 5.96 Å². The number of hydrogen-bond donors (Lipinski definition) is 1. The van der Waals surface area contributed by atoms with Gasteiger partial charge in [0.1, 0.15) is 6.54 Å². The van der Waals surface area contributed by atoms with Gasteiger partial charge in [-0.1, -0.05) is 30.3 Å². The maximum atomic E-state index is 12.1. The largest absolute Gasteiger partial charge is 0.370 e. The quantitative estimate of drug-likeness (QED) is 0.666. The van der Waals surface area contributed by atoms with E-state index in [1.54, 1.807) is 11.9 Å². The minimum atomic E-state index is -0.0202. The van der Waals surface area contributed by atoms with Gasteiger partial charge in [0.2, 0.25) is 5.91 Å². The molecule has 0 spiro atoms. The van der Waals surface area contributed by atoms with Crippen LogP contribution in [0.3, 0.4) is 0 Å². The summed E-state index contributed by atoms with van der Waals surface area (Å²) in [5.41, 5.74) is 7.05. The number of nitrogens with zero attached hydrogens (tertiary/aromatic N) is 3. The SMILES string of the molecule is CN(Cc1ccccc1)C(=O)CN=C(N)N1CCSCC1. The molecule has 0 bridgehead atoms. The van der Waals surface area contributed by atoms with Crippen LogP contribution in [0.4, 0.5) is 0 Å². The average molecular weight is 306 g/mol. The molecule has 1 aromatic carbocycles. The highest BCUT2D eigenvalue weighted by Gasteiger charge is 2.13. The van der Waals surface area contributed by atoms with E-state index in [4.69, 9.17) is 5.73 Å². The standard InChI is InChI=1S/C15H22N4OS/c1-18(12-13-5-3-2-4-6-13)14(20)11-17-15(16)19-7-9-21-10-8-19/h2-6H,7-12H2,1H3,(H2,16,17). The molecule has 5 nitrogen and oxygen atoms in total. The van der Waals surface area contributed by atoms with Crippen LogP contribution >= 0.6 is 11.8 Å². The Kier molecular flexibility index (Phi) is 5.92. The Hall–Kier alpha value is -1.69.